The van der Waals surface area contributed by atoms with Crippen LogP contribution >= 0.6 is 0 Å². The van der Waals surface area contributed by atoms with Crippen molar-refractivity contribution in [3.8, 4) is 22.3 Å². The first-order valence-electron chi connectivity index (χ1n) is 23.7. The van der Waals surface area contributed by atoms with Crippen LogP contribution in [-0.2, 0) is 23.7 Å². The number of aryl methyl sites for hydroxylation is 2. The van der Waals surface area contributed by atoms with E-state index in [1.54, 1.807) is 6.26 Å². The van der Waals surface area contributed by atoms with E-state index in [4.69, 9.17) is 4.42 Å². The quantitative estimate of drug-likeness (QED) is 0.129. The third-order valence-corrected chi connectivity index (χ3v) is 14.5. The predicted molar refractivity (Wildman–Crippen MR) is 273 cm³/mol. The zero-order chi connectivity index (χ0) is 44.2. The van der Waals surface area contributed by atoms with Gasteiger partial charge in [-0.2, -0.15) is 0 Å². The average molecular weight is 850 g/mol. The van der Waals surface area contributed by atoms with Crippen LogP contribution in [0.5, 0.6) is 0 Å². The van der Waals surface area contributed by atoms with Crippen LogP contribution < -0.4 is 4.90 Å². The van der Waals surface area contributed by atoms with E-state index in [1.807, 2.05) is 0 Å². The lowest BCUT2D eigenvalue weighted by atomic mass is 9.67. The molecule has 12 rings (SSSR count). The maximum Gasteiger partial charge on any atom is 0.133 e. The highest BCUT2D eigenvalue weighted by molar-refractivity contribution is 5.93. The summed E-state index contributed by atoms with van der Waals surface area (Å²) >= 11 is 0. The number of furan rings is 1. The van der Waals surface area contributed by atoms with Crippen molar-refractivity contribution in [3.63, 3.8) is 0 Å². The van der Waals surface area contributed by atoms with Gasteiger partial charge in [0.05, 0.1) is 17.1 Å². The highest BCUT2D eigenvalue weighted by atomic mass is 16.3. The van der Waals surface area contributed by atoms with Crippen LogP contribution in [-0.4, -0.2) is 0 Å². The van der Waals surface area contributed by atoms with E-state index in [1.165, 1.54) is 77.9 Å². The van der Waals surface area contributed by atoms with Crippen molar-refractivity contribution in [1.29, 1.82) is 0 Å². The molecular weight excluding hydrogens is 799 g/mol. The van der Waals surface area contributed by atoms with Crippen LogP contribution in [0, 0.1) is 0 Å². The topological polar surface area (TPSA) is 16.4 Å². The molecule has 0 N–H and O–H groups in total. The van der Waals surface area contributed by atoms with Crippen molar-refractivity contribution in [2.45, 2.75) is 50.4 Å². The first kappa shape index (κ1) is 39.9. The van der Waals surface area contributed by atoms with Crippen molar-refractivity contribution in [2.24, 2.45) is 0 Å². The summed E-state index contributed by atoms with van der Waals surface area (Å²) in [4.78, 5) is 2.47. The molecule has 0 saturated carbocycles. The molecule has 0 atom stereocenters. The zero-order valence-electron chi connectivity index (χ0n) is 37.5. The molecule has 0 radical (unpaired) electrons. The van der Waals surface area contributed by atoms with Gasteiger partial charge in [-0.15, -0.1) is 0 Å². The maximum absolute atomic E-state index is 5.94. The molecule has 2 heteroatoms. The summed E-state index contributed by atoms with van der Waals surface area (Å²) in [6.07, 6.45) is 6.15. The Morgan fingerprint density at radius 2 is 0.773 bits per heavy atom. The zero-order valence-corrected chi connectivity index (χ0v) is 37.5. The van der Waals surface area contributed by atoms with E-state index in [-0.39, 0.29) is 0 Å². The molecule has 0 aliphatic heterocycles. The Balaban J connectivity index is 1.13. The summed E-state index contributed by atoms with van der Waals surface area (Å²) in [5.74, 6) is 0. The summed E-state index contributed by atoms with van der Waals surface area (Å²) < 4.78 is 5.94. The summed E-state index contributed by atoms with van der Waals surface area (Å²) in [5, 5.41) is 1.07. The fourth-order valence-electron chi connectivity index (χ4n) is 11.7. The summed E-state index contributed by atoms with van der Waals surface area (Å²) in [6.45, 7) is 4.52. The largest absolute Gasteiger partial charge is 0.464 e. The van der Waals surface area contributed by atoms with Crippen LogP contribution in [0.4, 0.5) is 17.1 Å². The van der Waals surface area contributed by atoms with E-state index in [0.717, 1.165) is 53.7 Å². The van der Waals surface area contributed by atoms with Gasteiger partial charge in [0.1, 0.15) is 5.58 Å². The number of fused-ring (bicyclic) bond motifs is 7. The van der Waals surface area contributed by atoms with Crippen LogP contribution in [0.15, 0.2) is 229 Å². The van der Waals surface area contributed by atoms with Crippen molar-refractivity contribution in [2.75, 3.05) is 4.90 Å². The highest BCUT2D eigenvalue weighted by Crippen LogP contribution is 2.59. The number of hydrogen-bond acceptors (Lipinski definition) is 2. The second-order valence-corrected chi connectivity index (χ2v) is 18.2. The average Bonchev–Trinajstić information content (AvgIpc) is 4.05. The maximum atomic E-state index is 5.94. The number of benzene rings is 9. The van der Waals surface area contributed by atoms with Gasteiger partial charge in [0, 0.05) is 22.4 Å². The van der Waals surface area contributed by atoms with Gasteiger partial charge < -0.3 is 9.32 Å². The van der Waals surface area contributed by atoms with Gasteiger partial charge >= 0.3 is 0 Å². The smallest absolute Gasteiger partial charge is 0.133 e. The van der Waals surface area contributed by atoms with Crippen molar-refractivity contribution in [1.82, 2.24) is 0 Å². The lowest BCUT2D eigenvalue weighted by molar-refractivity contribution is 0.616. The highest BCUT2D eigenvalue weighted by Gasteiger charge is 2.48. The fraction of sp³-hybridized carbons (Fsp3) is 0.125. The summed E-state index contributed by atoms with van der Waals surface area (Å²) in [6, 6.07) is 82.4. The lowest BCUT2D eigenvalue weighted by Crippen LogP contribution is -2.29. The molecule has 1 aromatic heterocycles. The molecule has 0 saturated heterocycles. The molecule has 2 aliphatic rings. The van der Waals surface area contributed by atoms with Gasteiger partial charge in [0.15, 0.2) is 0 Å². The van der Waals surface area contributed by atoms with Crippen molar-refractivity contribution < 1.29 is 4.42 Å². The van der Waals surface area contributed by atoms with Gasteiger partial charge in [-0.1, -0.05) is 197 Å². The number of hydrogen-bond donors (Lipinski definition) is 0. The van der Waals surface area contributed by atoms with Crippen molar-refractivity contribution >= 4 is 28.0 Å². The number of rotatable bonds is 11. The molecule has 318 valence electrons. The molecule has 9 aromatic carbocycles. The van der Waals surface area contributed by atoms with E-state index in [0.29, 0.717) is 0 Å². The lowest BCUT2D eigenvalue weighted by Gasteiger charge is -2.36. The Morgan fingerprint density at radius 1 is 0.364 bits per heavy atom. The van der Waals surface area contributed by atoms with Gasteiger partial charge in [0.25, 0.3) is 0 Å². The first-order valence-corrected chi connectivity index (χ1v) is 23.7. The first-order chi connectivity index (χ1) is 32.6. The Bertz CT molecular complexity index is 3290. The van der Waals surface area contributed by atoms with Gasteiger partial charge in [0.2, 0.25) is 0 Å². The second-order valence-electron chi connectivity index (χ2n) is 18.2. The molecule has 0 amide bonds. The minimum absolute atomic E-state index is 0.534. The SMILES string of the molecule is CCCc1ccc(C2(c3ccc(CCC)cc3)c3ccccc3-c3ccc(N(c4ccc5c(c4)C(c4ccccc4)(c4ccccc4)c4ccccc4-5)c4ccc5occc5c4)cc32)cc1. The van der Waals surface area contributed by atoms with Crippen molar-refractivity contribution in [3.05, 3.63) is 280 Å². The van der Waals surface area contributed by atoms with Crippen LogP contribution in [0.2, 0.25) is 0 Å². The third kappa shape index (κ3) is 6.01. The fourth-order valence-corrected chi connectivity index (χ4v) is 11.7. The minimum Gasteiger partial charge on any atom is -0.464 e. The van der Waals surface area contributed by atoms with Crippen LogP contribution in [0.25, 0.3) is 33.2 Å². The molecule has 0 spiro atoms. The number of anilines is 3. The van der Waals surface area contributed by atoms with Gasteiger partial charge in [-0.05, 0) is 139 Å². The standard InChI is InChI=1S/C64H51NO/c1-3-15-44-25-29-49(30-26-44)64(50-31-27-45(16-4-2)28-32-50)59-24-14-12-22-55(59)57-37-34-53(43-61(57)64)65(51-35-38-62-46(41-51)39-40-66-62)52-33-36-56-54-21-11-13-23-58(54)63(60(56)42-52,47-17-7-5-8-18-47)48-19-9-6-10-20-48/h5-14,17-43H,3-4,15-16H2,1-2H3. The summed E-state index contributed by atoms with van der Waals surface area (Å²) in [7, 11) is 0. The van der Waals surface area contributed by atoms with E-state index < -0.39 is 10.8 Å². The van der Waals surface area contributed by atoms with Gasteiger partial charge in [-0.25, -0.2) is 0 Å². The molecular formula is C64H51NO. The van der Waals surface area contributed by atoms with Crippen LogP contribution in [0.1, 0.15) is 82.3 Å². The third-order valence-electron chi connectivity index (χ3n) is 14.5. The molecule has 0 unspecified atom stereocenters. The number of nitrogens with zero attached hydrogens (tertiary/aromatic N) is 1. The molecule has 10 aromatic rings. The summed E-state index contributed by atoms with van der Waals surface area (Å²) in [5.41, 5.74) is 21.1. The molecule has 2 nitrogen and oxygen atoms in total. The predicted octanol–water partition coefficient (Wildman–Crippen LogP) is 16.5. The van der Waals surface area contributed by atoms with Crippen LogP contribution in [0.3, 0.4) is 0 Å². The molecule has 1 heterocycles. The molecule has 0 bridgehead atoms. The normalized spacial score (nSPS) is 13.8. The van der Waals surface area contributed by atoms with E-state index in [9.17, 15) is 0 Å². The molecule has 0 fully saturated rings. The second kappa shape index (κ2) is 16.1. The minimum atomic E-state index is -0.549. The van der Waals surface area contributed by atoms with Gasteiger partial charge in [-0.3, -0.25) is 0 Å². The Hall–Kier alpha value is -7.68. The van der Waals surface area contributed by atoms with E-state index in [2.05, 4.69) is 237 Å². The monoisotopic (exact) mass is 849 g/mol. The van der Waals surface area contributed by atoms with E-state index >= 15 is 0 Å². The Labute approximate surface area is 388 Å². The Kier molecular flexibility index (Phi) is 9.72. The molecule has 2 aliphatic carbocycles. The molecule has 66 heavy (non-hydrogen) atoms. The Morgan fingerprint density at radius 3 is 1.26 bits per heavy atom.